The number of carbonyl (C=O) groups is 3. The molecule has 1 saturated heterocycles. The summed E-state index contributed by atoms with van der Waals surface area (Å²) in [6, 6.07) is 6.96. The Morgan fingerprint density at radius 2 is 1.71 bits per heavy atom. The van der Waals surface area contributed by atoms with Crippen molar-refractivity contribution in [2.75, 3.05) is 4.90 Å². The van der Waals surface area contributed by atoms with Crippen molar-refractivity contribution >= 4 is 35.3 Å². The first-order chi connectivity index (χ1) is 13.2. The van der Waals surface area contributed by atoms with Gasteiger partial charge in [-0.05, 0) is 25.1 Å². The zero-order valence-corrected chi connectivity index (χ0v) is 14.4. The number of carbonyl (C=O) groups excluding carboxylic acids is 3. The average Bonchev–Trinajstić information content (AvgIpc) is 2.61. The zero-order valence-electron chi connectivity index (χ0n) is 14.4. The van der Waals surface area contributed by atoms with Crippen LogP contribution < -0.4 is 10.2 Å². The molecule has 0 bridgehead atoms. The fraction of sp³-hybridized carbons (Fsp3) is 0.0556. The molecule has 3 rings (SSSR count). The third-order valence-corrected chi connectivity index (χ3v) is 4.01. The van der Waals surface area contributed by atoms with Gasteiger partial charge in [0.2, 0.25) is 0 Å². The minimum Gasteiger partial charge on any atom is -0.507 e. The number of nitro benzene ring substituents is 1. The Morgan fingerprint density at radius 3 is 2.32 bits per heavy atom. The van der Waals surface area contributed by atoms with Gasteiger partial charge in [-0.2, -0.15) is 0 Å². The lowest BCUT2D eigenvalue weighted by Crippen LogP contribution is -2.54. The summed E-state index contributed by atoms with van der Waals surface area (Å²) in [5, 5.41) is 32.4. The first-order valence-electron chi connectivity index (χ1n) is 7.87. The number of hydrogen-bond acceptors (Lipinski definition) is 7. The lowest BCUT2D eigenvalue weighted by atomic mass is 10.0. The van der Waals surface area contributed by atoms with Crippen molar-refractivity contribution in [2.45, 2.75) is 6.92 Å². The number of aromatic hydroxyl groups is 2. The normalized spacial score (nSPS) is 15.7. The Hall–Kier alpha value is -4.21. The van der Waals surface area contributed by atoms with Crippen molar-refractivity contribution in [3.63, 3.8) is 0 Å². The second-order valence-corrected chi connectivity index (χ2v) is 5.95. The fourth-order valence-corrected chi connectivity index (χ4v) is 2.59. The van der Waals surface area contributed by atoms with Crippen LogP contribution in [0.4, 0.5) is 16.2 Å². The molecule has 2 aromatic rings. The molecule has 0 spiro atoms. The second-order valence-electron chi connectivity index (χ2n) is 5.95. The van der Waals surface area contributed by atoms with Crippen LogP contribution >= 0.6 is 0 Å². The number of amides is 4. The van der Waals surface area contributed by atoms with Gasteiger partial charge in [0.05, 0.1) is 10.6 Å². The van der Waals surface area contributed by atoms with Gasteiger partial charge in [-0.25, -0.2) is 9.69 Å². The Labute approximate surface area is 157 Å². The van der Waals surface area contributed by atoms with E-state index < -0.39 is 45.5 Å². The number of nitro groups is 1. The minimum atomic E-state index is -1.02. The van der Waals surface area contributed by atoms with Crippen LogP contribution in [0.3, 0.4) is 0 Å². The van der Waals surface area contributed by atoms with Gasteiger partial charge in [-0.3, -0.25) is 25.0 Å². The highest BCUT2D eigenvalue weighted by Crippen LogP contribution is 2.34. The van der Waals surface area contributed by atoms with Gasteiger partial charge in [0.15, 0.2) is 5.75 Å². The molecule has 142 valence electrons. The summed E-state index contributed by atoms with van der Waals surface area (Å²) in [5.41, 5.74) is -0.384. The van der Waals surface area contributed by atoms with E-state index in [9.17, 15) is 34.7 Å². The number of phenolic OH excluding ortho intramolecular Hbond substituents is 2. The van der Waals surface area contributed by atoms with E-state index in [0.29, 0.717) is 0 Å². The zero-order chi connectivity index (χ0) is 20.6. The maximum atomic E-state index is 12.7. The maximum Gasteiger partial charge on any atom is 0.335 e. The second kappa shape index (κ2) is 6.83. The van der Waals surface area contributed by atoms with Crippen LogP contribution in [0.1, 0.15) is 11.1 Å². The maximum absolute atomic E-state index is 12.7. The summed E-state index contributed by atoms with van der Waals surface area (Å²) < 4.78 is 0. The average molecular weight is 383 g/mol. The number of barbiturate groups is 1. The van der Waals surface area contributed by atoms with Gasteiger partial charge < -0.3 is 10.2 Å². The van der Waals surface area contributed by atoms with E-state index in [1.165, 1.54) is 12.1 Å². The minimum absolute atomic E-state index is 0.215. The largest absolute Gasteiger partial charge is 0.507 e. The van der Waals surface area contributed by atoms with Crippen molar-refractivity contribution in [3.8, 4) is 11.5 Å². The molecule has 1 fully saturated rings. The van der Waals surface area contributed by atoms with E-state index in [4.69, 9.17) is 0 Å². The molecule has 10 heteroatoms. The van der Waals surface area contributed by atoms with Crippen molar-refractivity contribution in [1.29, 1.82) is 0 Å². The van der Waals surface area contributed by atoms with E-state index in [0.717, 1.165) is 28.7 Å². The molecule has 2 aromatic carbocycles. The van der Waals surface area contributed by atoms with Gasteiger partial charge in [0, 0.05) is 17.7 Å². The molecule has 4 amide bonds. The molecule has 1 heterocycles. The van der Waals surface area contributed by atoms with Crippen LogP contribution in [0, 0.1) is 17.0 Å². The monoisotopic (exact) mass is 383 g/mol. The molecular formula is C18H13N3O7. The number of benzene rings is 2. The smallest absolute Gasteiger partial charge is 0.335 e. The van der Waals surface area contributed by atoms with E-state index in [1.54, 1.807) is 12.1 Å². The highest BCUT2D eigenvalue weighted by Gasteiger charge is 2.37. The Balaban J connectivity index is 2.08. The predicted octanol–water partition coefficient (Wildman–Crippen LogP) is 1.98. The third-order valence-electron chi connectivity index (χ3n) is 4.01. The van der Waals surface area contributed by atoms with Crippen molar-refractivity contribution < 1.29 is 29.5 Å². The van der Waals surface area contributed by atoms with Crippen LogP contribution in [0.25, 0.3) is 6.08 Å². The molecule has 0 saturated carbocycles. The molecule has 0 unspecified atom stereocenters. The summed E-state index contributed by atoms with van der Waals surface area (Å²) in [6.07, 6.45) is 0.910. The van der Waals surface area contributed by atoms with Crippen molar-refractivity contribution in [3.05, 3.63) is 63.2 Å². The molecule has 0 aromatic heterocycles. The molecule has 0 aliphatic carbocycles. The summed E-state index contributed by atoms with van der Waals surface area (Å²) in [5.74, 6) is -3.35. The van der Waals surface area contributed by atoms with Gasteiger partial charge in [0.1, 0.15) is 11.3 Å². The number of aryl methyl sites for hydroxylation is 1. The van der Waals surface area contributed by atoms with Crippen LogP contribution in [0.15, 0.2) is 42.0 Å². The first kappa shape index (κ1) is 18.6. The summed E-state index contributed by atoms with van der Waals surface area (Å²) in [7, 11) is 0. The van der Waals surface area contributed by atoms with Crippen LogP contribution in [-0.4, -0.2) is 33.0 Å². The molecule has 1 aliphatic rings. The summed E-state index contributed by atoms with van der Waals surface area (Å²) >= 11 is 0. The van der Waals surface area contributed by atoms with Crippen molar-refractivity contribution in [2.24, 2.45) is 0 Å². The van der Waals surface area contributed by atoms with Crippen LogP contribution in [0.5, 0.6) is 11.5 Å². The van der Waals surface area contributed by atoms with Crippen LogP contribution in [-0.2, 0) is 9.59 Å². The van der Waals surface area contributed by atoms with E-state index in [-0.39, 0.29) is 11.3 Å². The van der Waals surface area contributed by atoms with E-state index in [2.05, 4.69) is 0 Å². The highest BCUT2D eigenvalue weighted by molar-refractivity contribution is 6.39. The number of hydrogen-bond donors (Lipinski definition) is 3. The molecule has 0 radical (unpaired) electrons. The number of nitrogens with one attached hydrogen (secondary N) is 1. The molecule has 0 atom stereocenters. The number of phenols is 2. The number of anilines is 1. The SMILES string of the molecule is Cc1ccc(N2C(=O)NC(=O)/C(=C\c3cc([N+](=O)[O-])c(O)cc3O)C2=O)cc1. The lowest BCUT2D eigenvalue weighted by Gasteiger charge is -2.26. The Morgan fingerprint density at radius 1 is 1.07 bits per heavy atom. The summed E-state index contributed by atoms with van der Waals surface area (Å²) in [4.78, 5) is 47.8. The van der Waals surface area contributed by atoms with Crippen LogP contribution in [0.2, 0.25) is 0 Å². The standard InChI is InChI=1S/C18H13N3O7/c1-9-2-4-11(5-3-9)20-17(25)12(16(24)19-18(20)26)6-10-7-13(21(27)28)15(23)8-14(10)22/h2-8,22-23H,1H3,(H,19,24,26)/b12-6+. The fourth-order valence-electron chi connectivity index (χ4n) is 2.59. The quantitative estimate of drug-likeness (QED) is 0.317. The van der Waals surface area contributed by atoms with Gasteiger partial charge in [-0.1, -0.05) is 17.7 Å². The molecule has 3 N–H and O–H groups in total. The van der Waals surface area contributed by atoms with Gasteiger partial charge in [0.25, 0.3) is 11.8 Å². The van der Waals surface area contributed by atoms with Crippen molar-refractivity contribution in [1.82, 2.24) is 5.32 Å². The Bertz CT molecular complexity index is 1060. The number of imide groups is 2. The van der Waals surface area contributed by atoms with E-state index in [1.807, 2.05) is 12.2 Å². The van der Waals surface area contributed by atoms with Gasteiger partial charge >= 0.3 is 11.7 Å². The number of rotatable bonds is 3. The third kappa shape index (κ3) is 3.26. The molecule has 10 nitrogen and oxygen atoms in total. The number of nitrogens with zero attached hydrogens (tertiary/aromatic N) is 2. The topological polar surface area (TPSA) is 150 Å². The summed E-state index contributed by atoms with van der Waals surface area (Å²) in [6.45, 7) is 1.82. The number of urea groups is 1. The molecule has 28 heavy (non-hydrogen) atoms. The van der Waals surface area contributed by atoms with E-state index >= 15 is 0 Å². The molecule has 1 aliphatic heterocycles. The first-order valence-corrected chi connectivity index (χ1v) is 7.87. The highest BCUT2D eigenvalue weighted by atomic mass is 16.6. The predicted molar refractivity (Wildman–Crippen MR) is 96.6 cm³/mol. The van der Waals surface area contributed by atoms with Gasteiger partial charge in [-0.15, -0.1) is 0 Å². The molecular weight excluding hydrogens is 370 g/mol. The lowest BCUT2D eigenvalue weighted by molar-refractivity contribution is -0.385. The Kier molecular flexibility index (Phi) is 4.53.